The molecule has 1 aromatic carbocycles. The molecule has 19 heavy (non-hydrogen) atoms. The molecule has 1 fully saturated rings. The monoisotopic (exact) mass is 277 g/mol. The fourth-order valence-electron chi connectivity index (χ4n) is 2.91. The maximum absolute atomic E-state index is 11.6. The number of hydrogen-bond acceptors (Lipinski definition) is 2. The number of nitrogens with zero attached hydrogens (tertiary/aromatic N) is 1. The molecule has 0 bridgehead atoms. The summed E-state index contributed by atoms with van der Waals surface area (Å²) >= 11 is 4.75. The summed E-state index contributed by atoms with van der Waals surface area (Å²) in [6, 6.07) is 8.59. The molecule has 1 aliphatic rings. The van der Waals surface area contributed by atoms with E-state index in [4.69, 9.17) is 12.6 Å². The van der Waals surface area contributed by atoms with Gasteiger partial charge < -0.3 is 4.90 Å². The van der Waals surface area contributed by atoms with E-state index in [1.165, 1.54) is 11.1 Å². The van der Waals surface area contributed by atoms with Crippen molar-refractivity contribution in [2.24, 2.45) is 0 Å². The summed E-state index contributed by atoms with van der Waals surface area (Å²) in [6.07, 6.45) is 0.972. The van der Waals surface area contributed by atoms with E-state index in [2.05, 4.69) is 38.1 Å². The Morgan fingerprint density at radius 1 is 1.37 bits per heavy atom. The van der Waals surface area contributed by atoms with Crippen LogP contribution in [0.1, 0.15) is 50.2 Å². The molecule has 0 radical (unpaired) electrons. The van der Waals surface area contributed by atoms with Gasteiger partial charge in [-0.1, -0.05) is 38.1 Å². The summed E-state index contributed by atoms with van der Waals surface area (Å²) < 4.78 is 0. The van der Waals surface area contributed by atoms with Crippen LogP contribution in [0.15, 0.2) is 24.3 Å². The van der Waals surface area contributed by atoms with Crippen LogP contribution in [-0.2, 0) is 4.79 Å². The lowest BCUT2D eigenvalue weighted by atomic mass is 9.84. The molecule has 1 heterocycles. The molecule has 0 saturated carbocycles. The van der Waals surface area contributed by atoms with Gasteiger partial charge >= 0.3 is 0 Å². The number of benzene rings is 1. The predicted molar refractivity (Wildman–Crippen MR) is 82.9 cm³/mol. The molecule has 2 nitrogen and oxygen atoms in total. The molecule has 1 aliphatic heterocycles. The zero-order chi connectivity index (χ0) is 14.0. The summed E-state index contributed by atoms with van der Waals surface area (Å²) in [4.78, 5) is 13.6. The van der Waals surface area contributed by atoms with E-state index in [0.29, 0.717) is 17.1 Å². The first kappa shape index (κ1) is 14.4. The largest absolute Gasteiger partial charge is 0.342 e. The van der Waals surface area contributed by atoms with E-state index in [0.717, 1.165) is 19.5 Å². The Balaban J connectivity index is 2.31. The van der Waals surface area contributed by atoms with Gasteiger partial charge in [-0.05, 0) is 23.5 Å². The first-order valence-corrected chi connectivity index (χ1v) is 7.54. The molecule has 0 N–H and O–H groups in total. The van der Waals surface area contributed by atoms with E-state index < -0.39 is 0 Å². The zero-order valence-electron chi connectivity index (χ0n) is 12.0. The summed E-state index contributed by atoms with van der Waals surface area (Å²) in [5.74, 6) is 1.02. The Bertz CT molecular complexity index is 458. The van der Waals surface area contributed by atoms with Gasteiger partial charge in [-0.25, -0.2) is 0 Å². The molecule has 104 valence electrons. The predicted octanol–water partition coefficient (Wildman–Crippen LogP) is 3.44. The smallest absolute Gasteiger partial charge is 0.219 e. The van der Waals surface area contributed by atoms with Crippen molar-refractivity contribution in [2.75, 3.05) is 13.1 Å². The highest BCUT2D eigenvalue weighted by Crippen LogP contribution is 2.35. The molecular weight excluding hydrogens is 254 g/mol. The first-order chi connectivity index (χ1) is 9.00. The summed E-state index contributed by atoms with van der Waals surface area (Å²) in [6.45, 7) is 7.73. The van der Waals surface area contributed by atoms with Gasteiger partial charge in [0.05, 0.1) is 0 Å². The second-order valence-corrected chi connectivity index (χ2v) is 6.37. The maximum atomic E-state index is 11.6. The van der Waals surface area contributed by atoms with E-state index in [1.54, 1.807) is 6.92 Å². The molecule has 2 unspecified atom stereocenters. The first-order valence-electron chi connectivity index (χ1n) is 7.03. The van der Waals surface area contributed by atoms with Crippen LogP contribution >= 0.6 is 12.6 Å². The minimum Gasteiger partial charge on any atom is -0.342 e. The van der Waals surface area contributed by atoms with Crippen molar-refractivity contribution in [3.8, 4) is 0 Å². The number of carbonyl (C=O) groups excluding carboxylic acids is 1. The molecule has 1 saturated heterocycles. The highest BCUT2D eigenvalue weighted by atomic mass is 32.1. The van der Waals surface area contributed by atoms with Crippen LogP contribution in [-0.4, -0.2) is 29.1 Å². The Morgan fingerprint density at radius 3 is 2.68 bits per heavy atom. The lowest BCUT2D eigenvalue weighted by molar-refractivity contribution is -0.129. The highest BCUT2D eigenvalue weighted by Gasteiger charge is 2.30. The van der Waals surface area contributed by atoms with Crippen LogP contribution < -0.4 is 0 Å². The number of amides is 1. The van der Waals surface area contributed by atoms with Crippen LogP contribution in [0.2, 0.25) is 0 Å². The van der Waals surface area contributed by atoms with Crippen LogP contribution in [0.5, 0.6) is 0 Å². The molecule has 2 rings (SSSR count). The molecule has 1 aromatic rings. The van der Waals surface area contributed by atoms with Gasteiger partial charge in [0.25, 0.3) is 0 Å². The number of rotatable bonds is 2. The van der Waals surface area contributed by atoms with Gasteiger partial charge in [0, 0.05) is 31.2 Å². The van der Waals surface area contributed by atoms with E-state index >= 15 is 0 Å². The number of hydrogen-bond donors (Lipinski definition) is 1. The molecule has 0 aliphatic carbocycles. The molecule has 2 atom stereocenters. The van der Waals surface area contributed by atoms with Gasteiger partial charge in [0.15, 0.2) is 0 Å². The molecule has 1 amide bonds. The molecule has 3 heteroatoms. The third kappa shape index (κ3) is 3.14. The van der Waals surface area contributed by atoms with Gasteiger partial charge in [-0.15, -0.1) is 0 Å². The lowest BCUT2D eigenvalue weighted by Gasteiger charge is -2.37. The zero-order valence-corrected chi connectivity index (χ0v) is 12.9. The SMILES string of the molecule is CC(=O)N1CCC(S)C(c2ccccc2C(C)C)C1. The van der Waals surface area contributed by atoms with Crippen molar-refractivity contribution >= 4 is 18.5 Å². The van der Waals surface area contributed by atoms with Crippen LogP contribution in [0.4, 0.5) is 0 Å². The maximum Gasteiger partial charge on any atom is 0.219 e. The average molecular weight is 277 g/mol. The third-order valence-electron chi connectivity index (χ3n) is 4.04. The standard InChI is InChI=1S/C16H23NOS/c1-11(2)13-6-4-5-7-14(13)15-10-17(12(3)18)9-8-16(15)19/h4-7,11,15-16,19H,8-10H2,1-3H3. The quantitative estimate of drug-likeness (QED) is 0.821. The Labute approximate surface area is 121 Å². The van der Waals surface area contributed by atoms with E-state index in [-0.39, 0.29) is 5.91 Å². The Hall–Kier alpha value is -0.960. The lowest BCUT2D eigenvalue weighted by Crippen LogP contribution is -2.42. The normalized spacial score (nSPS) is 23.7. The minimum atomic E-state index is 0.173. The Kier molecular flexibility index (Phi) is 4.56. The van der Waals surface area contributed by atoms with E-state index in [1.807, 2.05) is 4.90 Å². The van der Waals surface area contributed by atoms with Gasteiger partial charge in [0.1, 0.15) is 0 Å². The number of piperidine rings is 1. The van der Waals surface area contributed by atoms with Gasteiger partial charge in [0.2, 0.25) is 5.91 Å². The summed E-state index contributed by atoms with van der Waals surface area (Å²) in [5.41, 5.74) is 2.75. The molecular formula is C16H23NOS. The van der Waals surface area contributed by atoms with Crippen molar-refractivity contribution in [1.82, 2.24) is 4.90 Å². The summed E-state index contributed by atoms with van der Waals surface area (Å²) in [5, 5.41) is 0.343. The third-order valence-corrected chi connectivity index (χ3v) is 4.66. The molecule has 0 aromatic heterocycles. The van der Waals surface area contributed by atoms with Crippen molar-refractivity contribution in [3.05, 3.63) is 35.4 Å². The van der Waals surface area contributed by atoms with Crippen molar-refractivity contribution in [1.29, 1.82) is 0 Å². The van der Waals surface area contributed by atoms with Crippen LogP contribution in [0.25, 0.3) is 0 Å². The fraction of sp³-hybridized carbons (Fsp3) is 0.562. The second kappa shape index (κ2) is 6.00. The van der Waals surface area contributed by atoms with Crippen LogP contribution in [0, 0.1) is 0 Å². The van der Waals surface area contributed by atoms with E-state index in [9.17, 15) is 4.79 Å². The van der Waals surface area contributed by atoms with Gasteiger partial charge in [-0.3, -0.25) is 4.79 Å². The highest BCUT2D eigenvalue weighted by molar-refractivity contribution is 7.81. The van der Waals surface area contributed by atoms with Crippen molar-refractivity contribution < 1.29 is 4.79 Å². The number of carbonyl (C=O) groups is 1. The van der Waals surface area contributed by atoms with Gasteiger partial charge in [-0.2, -0.15) is 12.6 Å². The summed E-state index contributed by atoms with van der Waals surface area (Å²) in [7, 11) is 0. The number of thiol groups is 1. The number of likely N-dealkylation sites (tertiary alicyclic amines) is 1. The van der Waals surface area contributed by atoms with Crippen molar-refractivity contribution in [3.63, 3.8) is 0 Å². The second-order valence-electron chi connectivity index (χ2n) is 5.71. The minimum absolute atomic E-state index is 0.173. The Morgan fingerprint density at radius 2 is 2.05 bits per heavy atom. The van der Waals surface area contributed by atoms with Crippen LogP contribution in [0.3, 0.4) is 0 Å². The average Bonchev–Trinajstić information content (AvgIpc) is 2.39. The van der Waals surface area contributed by atoms with Crippen molar-refractivity contribution in [2.45, 2.75) is 44.3 Å². The topological polar surface area (TPSA) is 20.3 Å². The fourth-order valence-corrected chi connectivity index (χ4v) is 3.28. The molecule has 0 spiro atoms.